The van der Waals surface area contributed by atoms with Gasteiger partial charge in [0.15, 0.2) is 11.6 Å². The Kier molecular flexibility index (Phi) is 5.30. The van der Waals surface area contributed by atoms with Crippen LogP contribution in [0.3, 0.4) is 0 Å². The first kappa shape index (κ1) is 15.4. The first-order valence-electron chi connectivity index (χ1n) is 6.20. The fourth-order valence-electron chi connectivity index (χ4n) is 1.54. The molecule has 4 nitrogen and oxygen atoms in total. The fourth-order valence-corrected chi connectivity index (χ4v) is 1.54. The van der Waals surface area contributed by atoms with E-state index in [1.54, 1.807) is 12.1 Å². The lowest BCUT2D eigenvalue weighted by Crippen LogP contribution is -2.45. The fraction of sp³-hybridized carbons (Fsp3) is 0.500. The maximum Gasteiger partial charge on any atom is 0.220 e. The van der Waals surface area contributed by atoms with Gasteiger partial charge in [-0.2, -0.15) is 0 Å². The SMILES string of the molecule is COc1ccc(CCC(=O)NCC(C)(C)N)cc1F. The minimum atomic E-state index is -0.429. The molecule has 0 saturated heterocycles. The van der Waals surface area contributed by atoms with Crippen LogP contribution in [0, 0.1) is 5.82 Å². The van der Waals surface area contributed by atoms with Crippen LogP contribution in [0.5, 0.6) is 5.75 Å². The molecule has 3 N–H and O–H groups in total. The van der Waals surface area contributed by atoms with E-state index in [1.165, 1.54) is 13.2 Å². The van der Waals surface area contributed by atoms with E-state index >= 15 is 0 Å². The molecule has 0 unspecified atom stereocenters. The standard InChI is InChI=1S/C14H21FN2O2/c1-14(2,16)9-17-13(18)7-5-10-4-6-12(19-3)11(15)8-10/h4,6,8H,5,7,9,16H2,1-3H3,(H,17,18). The van der Waals surface area contributed by atoms with Crippen LogP contribution in [0.15, 0.2) is 18.2 Å². The molecule has 0 aliphatic heterocycles. The van der Waals surface area contributed by atoms with Crippen molar-refractivity contribution in [2.45, 2.75) is 32.2 Å². The van der Waals surface area contributed by atoms with E-state index in [1.807, 2.05) is 13.8 Å². The summed E-state index contributed by atoms with van der Waals surface area (Å²) < 4.78 is 18.3. The van der Waals surface area contributed by atoms with Crippen LogP contribution in [-0.4, -0.2) is 25.1 Å². The predicted octanol–water partition coefficient (Wildman–Crippen LogP) is 1.62. The number of nitrogens with one attached hydrogen (secondary N) is 1. The van der Waals surface area contributed by atoms with E-state index in [9.17, 15) is 9.18 Å². The number of benzene rings is 1. The quantitative estimate of drug-likeness (QED) is 0.824. The van der Waals surface area contributed by atoms with E-state index in [0.717, 1.165) is 5.56 Å². The Hall–Kier alpha value is -1.62. The molecule has 0 radical (unpaired) electrons. The molecule has 0 aliphatic carbocycles. The first-order valence-corrected chi connectivity index (χ1v) is 6.20. The van der Waals surface area contributed by atoms with Gasteiger partial charge in [0.2, 0.25) is 5.91 Å². The number of halogens is 1. The Morgan fingerprint density at radius 1 is 1.47 bits per heavy atom. The molecule has 0 bridgehead atoms. The number of hydrogen-bond acceptors (Lipinski definition) is 3. The van der Waals surface area contributed by atoms with Crippen molar-refractivity contribution in [2.24, 2.45) is 5.73 Å². The van der Waals surface area contributed by atoms with Crippen molar-refractivity contribution >= 4 is 5.91 Å². The molecule has 1 aromatic carbocycles. The Morgan fingerprint density at radius 2 is 2.16 bits per heavy atom. The van der Waals surface area contributed by atoms with Gasteiger partial charge in [0.1, 0.15) is 0 Å². The van der Waals surface area contributed by atoms with E-state index in [2.05, 4.69) is 5.32 Å². The minimum absolute atomic E-state index is 0.0882. The molecular weight excluding hydrogens is 247 g/mol. The van der Waals surface area contributed by atoms with Crippen LogP contribution in [0.25, 0.3) is 0 Å². The number of amides is 1. The van der Waals surface area contributed by atoms with Gasteiger partial charge >= 0.3 is 0 Å². The second kappa shape index (κ2) is 6.52. The first-order chi connectivity index (χ1) is 8.81. The Bertz CT molecular complexity index is 442. The normalized spacial score (nSPS) is 11.2. The van der Waals surface area contributed by atoms with Gasteiger partial charge in [-0.25, -0.2) is 4.39 Å². The monoisotopic (exact) mass is 268 g/mol. The van der Waals surface area contributed by atoms with Crippen molar-refractivity contribution in [3.8, 4) is 5.75 Å². The molecule has 0 aliphatic rings. The minimum Gasteiger partial charge on any atom is -0.494 e. The molecule has 1 amide bonds. The van der Waals surface area contributed by atoms with E-state index in [-0.39, 0.29) is 11.7 Å². The van der Waals surface area contributed by atoms with Gasteiger partial charge in [-0.3, -0.25) is 4.79 Å². The van der Waals surface area contributed by atoms with Gasteiger partial charge in [0, 0.05) is 18.5 Å². The number of carbonyl (C=O) groups is 1. The summed E-state index contributed by atoms with van der Waals surface area (Å²) in [6, 6.07) is 4.70. The molecule has 1 rings (SSSR count). The zero-order valence-corrected chi connectivity index (χ0v) is 11.6. The average molecular weight is 268 g/mol. The number of nitrogens with two attached hydrogens (primary N) is 1. The molecule has 0 saturated carbocycles. The largest absolute Gasteiger partial charge is 0.494 e. The molecular formula is C14H21FN2O2. The smallest absolute Gasteiger partial charge is 0.220 e. The molecule has 0 aromatic heterocycles. The van der Waals surface area contributed by atoms with Crippen molar-refractivity contribution in [3.05, 3.63) is 29.6 Å². The Balaban J connectivity index is 2.44. The lowest BCUT2D eigenvalue weighted by molar-refractivity contribution is -0.121. The average Bonchev–Trinajstić information content (AvgIpc) is 2.33. The number of rotatable bonds is 6. The summed E-state index contributed by atoms with van der Waals surface area (Å²) in [6.45, 7) is 4.10. The molecule has 1 aromatic rings. The van der Waals surface area contributed by atoms with Gasteiger partial charge in [-0.1, -0.05) is 6.07 Å². The van der Waals surface area contributed by atoms with Crippen molar-refractivity contribution in [2.75, 3.05) is 13.7 Å². The highest BCUT2D eigenvalue weighted by atomic mass is 19.1. The summed E-state index contributed by atoms with van der Waals surface area (Å²) in [4.78, 5) is 11.6. The summed E-state index contributed by atoms with van der Waals surface area (Å²) in [7, 11) is 1.42. The molecule has 0 heterocycles. The second-order valence-electron chi connectivity index (χ2n) is 5.23. The van der Waals surface area contributed by atoms with Crippen LogP contribution in [0.1, 0.15) is 25.8 Å². The van der Waals surface area contributed by atoms with Crippen molar-refractivity contribution < 1.29 is 13.9 Å². The van der Waals surface area contributed by atoms with Gasteiger partial charge in [-0.15, -0.1) is 0 Å². The van der Waals surface area contributed by atoms with E-state index < -0.39 is 11.4 Å². The summed E-state index contributed by atoms with van der Waals surface area (Å²) >= 11 is 0. The number of carbonyl (C=O) groups excluding carboxylic acids is 1. The van der Waals surface area contributed by atoms with Gasteiger partial charge < -0.3 is 15.8 Å². The van der Waals surface area contributed by atoms with E-state index in [4.69, 9.17) is 10.5 Å². The highest BCUT2D eigenvalue weighted by Crippen LogP contribution is 2.18. The number of hydrogen-bond donors (Lipinski definition) is 2. The van der Waals surface area contributed by atoms with Crippen LogP contribution in [0.4, 0.5) is 4.39 Å². The number of methoxy groups -OCH3 is 1. The maximum absolute atomic E-state index is 13.4. The van der Waals surface area contributed by atoms with Crippen LogP contribution >= 0.6 is 0 Å². The molecule has 5 heteroatoms. The molecule has 0 fully saturated rings. The number of ether oxygens (including phenoxy) is 1. The van der Waals surface area contributed by atoms with Crippen molar-refractivity contribution in [1.29, 1.82) is 0 Å². The van der Waals surface area contributed by atoms with Crippen molar-refractivity contribution in [1.82, 2.24) is 5.32 Å². The third kappa shape index (κ3) is 5.70. The van der Waals surface area contributed by atoms with Gasteiger partial charge in [0.05, 0.1) is 7.11 Å². The van der Waals surface area contributed by atoms with Gasteiger partial charge in [-0.05, 0) is 38.0 Å². The van der Waals surface area contributed by atoms with Crippen LogP contribution in [-0.2, 0) is 11.2 Å². The third-order valence-electron chi connectivity index (χ3n) is 2.60. The summed E-state index contributed by atoms with van der Waals surface area (Å²) in [5.74, 6) is -0.295. The number of aryl methyl sites for hydroxylation is 1. The van der Waals surface area contributed by atoms with Crippen LogP contribution in [0.2, 0.25) is 0 Å². The molecule has 0 spiro atoms. The highest BCUT2D eigenvalue weighted by molar-refractivity contribution is 5.76. The zero-order chi connectivity index (χ0) is 14.5. The summed E-state index contributed by atoms with van der Waals surface area (Å²) in [6.07, 6.45) is 0.791. The molecule has 106 valence electrons. The lowest BCUT2D eigenvalue weighted by atomic mass is 10.1. The second-order valence-corrected chi connectivity index (χ2v) is 5.23. The van der Waals surface area contributed by atoms with E-state index in [0.29, 0.717) is 19.4 Å². The van der Waals surface area contributed by atoms with Gasteiger partial charge in [0.25, 0.3) is 0 Å². The Labute approximate surface area is 113 Å². The Morgan fingerprint density at radius 3 is 2.68 bits per heavy atom. The molecule has 0 atom stereocenters. The molecule has 19 heavy (non-hydrogen) atoms. The summed E-state index contributed by atoms with van der Waals surface area (Å²) in [5.41, 5.74) is 6.10. The topological polar surface area (TPSA) is 64.3 Å². The zero-order valence-electron chi connectivity index (χ0n) is 11.6. The third-order valence-corrected chi connectivity index (χ3v) is 2.60. The predicted molar refractivity (Wildman–Crippen MR) is 72.5 cm³/mol. The lowest BCUT2D eigenvalue weighted by Gasteiger charge is -2.18. The maximum atomic E-state index is 13.4. The summed E-state index contributed by atoms with van der Waals surface area (Å²) in [5, 5.41) is 2.75. The van der Waals surface area contributed by atoms with Crippen molar-refractivity contribution in [3.63, 3.8) is 0 Å². The van der Waals surface area contributed by atoms with Crippen LogP contribution < -0.4 is 15.8 Å². The highest BCUT2D eigenvalue weighted by Gasteiger charge is 2.12.